The van der Waals surface area contributed by atoms with Crippen LogP contribution in [0.3, 0.4) is 0 Å². The van der Waals surface area contributed by atoms with Crippen molar-refractivity contribution in [2.45, 2.75) is 41.5 Å². The summed E-state index contributed by atoms with van der Waals surface area (Å²) in [5.41, 5.74) is 16.0. The second kappa shape index (κ2) is 20.9. The van der Waals surface area contributed by atoms with Gasteiger partial charge in [-0.3, -0.25) is 0 Å². The SMILES string of the molecule is Cc1cc(C)c(N2[C]N(c3ccc4ccccc4c3-c3c(O)ccc4ccccc34)CC2)c(C)c1.Cc1cc(C)c(N2[C]N(c3ccc4ccccc4c3-c3c(O)ccc4ccccc34)CC2)c(C)c1.[Ag].[Ag]. The van der Waals surface area contributed by atoms with Gasteiger partial charge in [0, 0.05) is 116 Å². The summed E-state index contributed by atoms with van der Waals surface area (Å²) in [6, 6.07) is 58.6. The van der Waals surface area contributed by atoms with Crippen molar-refractivity contribution >= 4 is 65.8 Å². The Balaban J connectivity index is 0.000000173. The number of benzene rings is 10. The van der Waals surface area contributed by atoms with Crippen LogP contribution >= 0.6 is 0 Å². The zero-order valence-corrected chi connectivity index (χ0v) is 44.2. The minimum atomic E-state index is 0. The molecule has 0 spiro atoms. The molecule has 2 aliphatic rings. The number of hydrogen-bond donors (Lipinski definition) is 2. The summed E-state index contributed by atoms with van der Waals surface area (Å²) in [6.45, 7) is 23.7. The first-order valence-corrected chi connectivity index (χ1v) is 24.3. The van der Waals surface area contributed by atoms with E-state index in [1.807, 2.05) is 48.5 Å². The summed E-state index contributed by atoms with van der Waals surface area (Å²) in [5, 5.41) is 31.2. The van der Waals surface area contributed by atoms with Crippen LogP contribution in [0.4, 0.5) is 22.7 Å². The van der Waals surface area contributed by atoms with E-state index in [0.717, 1.165) is 103 Å². The number of phenols is 2. The standard InChI is InChI=1S/2C32H28N2O.2Ag/c2*1-21-18-22(2)32(23(3)19-21)34-17-16-33(20-34)28-14-12-24-8-4-6-10-26(24)30(28)31-27-11-7-5-9-25(27)13-15-29(31)35;;/h2*4-15,18-19,35H,16-17H2,1-3H3;;. The molecule has 366 valence electrons. The summed E-state index contributed by atoms with van der Waals surface area (Å²) in [5.74, 6) is 0.588. The number of fused-ring (bicyclic) bond motifs is 4. The second-order valence-electron chi connectivity index (χ2n) is 19.0. The Morgan fingerprint density at radius 1 is 0.333 bits per heavy atom. The van der Waals surface area contributed by atoms with E-state index in [1.165, 1.54) is 44.8 Å². The van der Waals surface area contributed by atoms with Crippen LogP contribution < -0.4 is 19.6 Å². The van der Waals surface area contributed by atoms with E-state index in [-0.39, 0.29) is 44.8 Å². The van der Waals surface area contributed by atoms with Crippen LogP contribution in [0.2, 0.25) is 0 Å². The second-order valence-corrected chi connectivity index (χ2v) is 19.0. The summed E-state index contributed by atoms with van der Waals surface area (Å²) < 4.78 is 0. The molecule has 0 saturated carbocycles. The molecule has 10 aromatic carbocycles. The van der Waals surface area contributed by atoms with E-state index < -0.39 is 0 Å². The number of phenolic OH excluding ortho intramolecular Hbond substituents is 2. The Morgan fingerprint density at radius 2 is 0.611 bits per heavy atom. The summed E-state index contributed by atoms with van der Waals surface area (Å²) in [7, 11) is 0. The normalized spacial score (nSPS) is 13.4. The van der Waals surface area contributed by atoms with Crippen molar-refractivity contribution in [2.24, 2.45) is 0 Å². The smallest absolute Gasteiger partial charge is 0.208 e. The Bertz CT molecular complexity index is 3380. The fraction of sp³-hybridized carbons (Fsp3) is 0.156. The molecular weight excluding hydrogens is 1070 g/mol. The van der Waals surface area contributed by atoms with Crippen LogP contribution in [0.5, 0.6) is 11.5 Å². The maximum atomic E-state index is 11.2. The van der Waals surface area contributed by atoms with Crippen LogP contribution in [0.25, 0.3) is 65.3 Å². The minimum absolute atomic E-state index is 0. The van der Waals surface area contributed by atoms with E-state index in [2.05, 4.69) is 196 Å². The minimum Gasteiger partial charge on any atom is -0.507 e. The monoisotopic (exact) mass is 1130 g/mol. The van der Waals surface area contributed by atoms with Gasteiger partial charge in [0.1, 0.15) is 11.5 Å². The van der Waals surface area contributed by atoms with Crippen LogP contribution in [-0.4, -0.2) is 36.4 Å². The quantitative estimate of drug-likeness (QED) is 0.162. The third-order valence-corrected chi connectivity index (χ3v) is 14.1. The van der Waals surface area contributed by atoms with Gasteiger partial charge in [0.15, 0.2) is 0 Å². The molecule has 8 heteroatoms. The van der Waals surface area contributed by atoms with Crippen LogP contribution in [0.1, 0.15) is 33.4 Å². The summed E-state index contributed by atoms with van der Waals surface area (Å²) in [4.78, 5) is 8.90. The largest absolute Gasteiger partial charge is 0.507 e. The molecule has 6 radical (unpaired) electrons. The van der Waals surface area contributed by atoms with Crippen molar-refractivity contribution in [3.8, 4) is 33.8 Å². The Morgan fingerprint density at radius 3 is 0.944 bits per heavy atom. The van der Waals surface area contributed by atoms with Crippen LogP contribution in [-0.2, 0) is 44.8 Å². The molecule has 72 heavy (non-hydrogen) atoms. The van der Waals surface area contributed by atoms with Gasteiger partial charge in [-0.15, -0.1) is 0 Å². The van der Waals surface area contributed by atoms with Crippen molar-refractivity contribution in [1.29, 1.82) is 0 Å². The zero-order chi connectivity index (χ0) is 48.2. The molecule has 2 N–H and O–H groups in total. The number of rotatable bonds is 6. The first-order chi connectivity index (χ1) is 34.0. The van der Waals surface area contributed by atoms with E-state index in [1.54, 1.807) is 0 Å². The third kappa shape index (κ3) is 9.29. The van der Waals surface area contributed by atoms with Gasteiger partial charge in [-0.25, -0.2) is 0 Å². The number of aromatic hydroxyl groups is 2. The molecule has 6 nitrogen and oxygen atoms in total. The first-order valence-electron chi connectivity index (χ1n) is 24.3. The number of aryl methyl sites for hydroxylation is 6. The van der Waals surface area contributed by atoms with Crippen molar-refractivity contribution in [3.63, 3.8) is 0 Å². The van der Waals surface area contributed by atoms with Crippen LogP contribution in [0, 0.1) is 54.9 Å². The molecule has 0 atom stereocenters. The molecule has 10 aromatic rings. The van der Waals surface area contributed by atoms with Gasteiger partial charge in [0.25, 0.3) is 0 Å². The molecule has 2 fully saturated rings. The Labute approximate surface area is 455 Å². The van der Waals surface area contributed by atoms with Crippen LogP contribution in [0.15, 0.2) is 170 Å². The predicted octanol–water partition coefficient (Wildman–Crippen LogP) is 15.2. The maximum Gasteiger partial charge on any atom is 0.208 e. The molecule has 0 unspecified atom stereocenters. The molecule has 0 aromatic heterocycles. The van der Waals surface area contributed by atoms with Gasteiger partial charge in [-0.2, -0.15) is 0 Å². The maximum absolute atomic E-state index is 11.2. The van der Waals surface area contributed by atoms with Gasteiger partial charge in [-0.05, 0) is 131 Å². The van der Waals surface area contributed by atoms with Crippen molar-refractivity contribution in [2.75, 3.05) is 45.8 Å². The third-order valence-electron chi connectivity index (χ3n) is 14.1. The van der Waals surface area contributed by atoms with E-state index >= 15 is 0 Å². The van der Waals surface area contributed by atoms with Gasteiger partial charge in [0.05, 0.1) is 0 Å². The average Bonchev–Trinajstić information content (AvgIpc) is 4.04. The van der Waals surface area contributed by atoms with Gasteiger partial charge < -0.3 is 29.8 Å². The van der Waals surface area contributed by atoms with Gasteiger partial charge >= 0.3 is 0 Å². The molecule has 12 rings (SSSR count). The first kappa shape index (κ1) is 50.5. The summed E-state index contributed by atoms with van der Waals surface area (Å²) >= 11 is 0. The van der Waals surface area contributed by atoms with Crippen molar-refractivity contribution in [3.05, 3.63) is 217 Å². The number of hydrogen-bond acceptors (Lipinski definition) is 6. The zero-order valence-electron chi connectivity index (χ0n) is 41.3. The Kier molecular flexibility index (Phi) is 14.7. The number of anilines is 4. The number of nitrogens with zero attached hydrogens (tertiary/aromatic N) is 4. The molecule has 0 amide bonds. The predicted molar refractivity (Wildman–Crippen MR) is 294 cm³/mol. The molecule has 2 heterocycles. The van der Waals surface area contributed by atoms with Gasteiger partial charge in [-0.1, -0.05) is 157 Å². The average molecular weight is 1130 g/mol. The molecule has 0 bridgehead atoms. The molecule has 2 aliphatic heterocycles. The van der Waals surface area contributed by atoms with Crippen molar-refractivity contribution < 1.29 is 55.0 Å². The van der Waals surface area contributed by atoms with E-state index in [0.29, 0.717) is 11.5 Å². The Hall–Kier alpha value is -6.48. The molecule has 0 aliphatic carbocycles. The molecular formula is C64H56Ag2N4O2. The van der Waals surface area contributed by atoms with Gasteiger partial charge in [0.2, 0.25) is 13.3 Å². The molecule has 2 saturated heterocycles. The van der Waals surface area contributed by atoms with E-state index in [9.17, 15) is 10.2 Å². The topological polar surface area (TPSA) is 53.4 Å². The van der Waals surface area contributed by atoms with Crippen molar-refractivity contribution in [1.82, 2.24) is 0 Å². The summed E-state index contributed by atoms with van der Waals surface area (Å²) in [6.07, 6.45) is 0. The fourth-order valence-electron chi connectivity index (χ4n) is 11.3. The van der Waals surface area contributed by atoms with E-state index in [4.69, 9.17) is 0 Å². The fourth-order valence-corrected chi connectivity index (χ4v) is 11.3.